The van der Waals surface area contributed by atoms with Crippen LogP contribution in [-0.4, -0.2) is 32.3 Å². The number of amides is 2. The van der Waals surface area contributed by atoms with E-state index in [-0.39, 0.29) is 17.6 Å². The molecule has 29 heavy (non-hydrogen) atoms. The fourth-order valence-corrected chi connectivity index (χ4v) is 4.01. The van der Waals surface area contributed by atoms with E-state index in [1.807, 2.05) is 13.1 Å². The maximum Gasteiger partial charge on any atom is 0.255 e. The van der Waals surface area contributed by atoms with Crippen molar-refractivity contribution in [2.45, 2.75) is 24.4 Å². The molecule has 4 rings (SSSR count). The highest BCUT2D eigenvalue weighted by Gasteiger charge is 2.13. The molecule has 0 spiro atoms. The molecule has 0 aliphatic heterocycles. The predicted octanol–water partition coefficient (Wildman–Crippen LogP) is 3.29. The van der Waals surface area contributed by atoms with E-state index in [0.717, 1.165) is 18.5 Å². The number of hydrogen-bond donors (Lipinski definition) is 2. The van der Waals surface area contributed by atoms with Crippen LogP contribution in [0.25, 0.3) is 0 Å². The lowest BCUT2D eigenvalue weighted by molar-refractivity contribution is -0.113. The van der Waals surface area contributed by atoms with E-state index in [1.54, 1.807) is 35.2 Å². The number of nitrogens with one attached hydrogen (secondary N) is 2. The first-order chi connectivity index (χ1) is 14.1. The Balaban J connectivity index is 1.37. The van der Waals surface area contributed by atoms with Crippen LogP contribution in [0, 0.1) is 0 Å². The fraction of sp³-hybridized carbons (Fsp3) is 0.238. The van der Waals surface area contributed by atoms with Crippen molar-refractivity contribution in [1.82, 2.24) is 14.8 Å². The van der Waals surface area contributed by atoms with Gasteiger partial charge in [-0.15, -0.1) is 10.2 Å². The van der Waals surface area contributed by atoms with Crippen LogP contribution in [0.2, 0.25) is 0 Å². The third-order valence-corrected chi connectivity index (χ3v) is 5.80. The highest BCUT2D eigenvalue weighted by molar-refractivity contribution is 7.99. The lowest BCUT2D eigenvalue weighted by atomic mass is 10.1. The molecule has 0 saturated heterocycles. The van der Waals surface area contributed by atoms with Gasteiger partial charge in [0.1, 0.15) is 6.33 Å². The summed E-state index contributed by atoms with van der Waals surface area (Å²) in [6, 6.07) is 13.0. The van der Waals surface area contributed by atoms with Gasteiger partial charge in [0.25, 0.3) is 5.91 Å². The normalized spacial score (nSPS) is 12.4. The Morgan fingerprint density at radius 3 is 2.72 bits per heavy atom. The Labute approximate surface area is 172 Å². The lowest BCUT2D eigenvalue weighted by Gasteiger charge is -2.09. The molecule has 0 atom stereocenters. The summed E-state index contributed by atoms with van der Waals surface area (Å²) in [6.07, 6.45) is 4.93. The molecule has 1 aliphatic rings. The zero-order valence-electron chi connectivity index (χ0n) is 16.0. The smallest absolute Gasteiger partial charge is 0.255 e. The molecule has 0 radical (unpaired) electrons. The summed E-state index contributed by atoms with van der Waals surface area (Å²) < 4.78 is 1.75. The minimum absolute atomic E-state index is 0.172. The van der Waals surface area contributed by atoms with Gasteiger partial charge in [-0.2, -0.15) is 0 Å². The first kappa shape index (κ1) is 19.2. The molecular weight excluding hydrogens is 386 g/mol. The second-order valence-corrected chi connectivity index (χ2v) is 7.88. The van der Waals surface area contributed by atoms with Gasteiger partial charge >= 0.3 is 0 Å². The van der Waals surface area contributed by atoms with Crippen LogP contribution < -0.4 is 10.6 Å². The molecule has 1 aliphatic carbocycles. The molecule has 1 aromatic heterocycles. The number of carbonyl (C=O) groups is 2. The van der Waals surface area contributed by atoms with E-state index < -0.39 is 0 Å². The summed E-state index contributed by atoms with van der Waals surface area (Å²) in [5.74, 6) is -0.167. The second kappa shape index (κ2) is 8.48. The van der Waals surface area contributed by atoms with Crippen LogP contribution >= 0.6 is 11.8 Å². The van der Waals surface area contributed by atoms with E-state index in [9.17, 15) is 9.59 Å². The molecule has 148 valence electrons. The monoisotopic (exact) mass is 407 g/mol. The summed E-state index contributed by atoms with van der Waals surface area (Å²) in [5, 5.41) is 14.2. The molecule has 0 unspecified atom stereocenters. The SMILES string of the molecule is Cn1cnnc1SCC(=O)Nc1cccc(C(=O)Nc2ccc3c(c2)CCC3)c1. The Kier molecular flexibility index (Phi) is 5.62. The van der Waals surface area contributed by atoms with Crippen LogP contribution in [0.4, 0.5) is 11.4 Å². The maximum absolute atomic E-state index is 12.6. The van der Waals surface area contributed by atoms with Crippen LogP contribution in [0.15, 0.2) is 53.9 Å². The van der Waals surface area contributed by atoms with Gasteiger partial charge in [-0.05, 0) is 60.7 Å². The van der Waals surface area contributed by atoms with Crippen LogP contribution in [0.3, 0.4) is 0 Å². The predicted molar refractivity (Wildman–Crippen MR) is 113 cm³/mol. The molecule has 0 saturated carbocycles. The van der Waals surface area contributed by atoms with Gasteiger partial charge in [0.05, 0.1) is 5.75 Å². The first-order valence-corrected chi connectivity index (χ1v) is 10.4. The van der Waals surface area contributed by atoms with Crippen molar-refractivity contribution in [2.75, 3.05) is 16.4 Å². The number of thioether (sulfide) groups is 1. The van der Waals surface area contributed by atoms with Gasteiger partial charge in [-0.25, -0.2) is 0 Å². The molecule has 1 heterocycles. The highest BCUT2D eigenvalue weighted by atomic mass is 32.2. The van der Waals surface area contributed by atoms with Gasteiger partial charge in [-0.1, -0.05) is 23.9 Å². The van der Waals surface area contributed by atoms with Crippen molar-refractivity contribution in [3.8, 4) is 0 Å². The van der Waals surface area contributed by atoms with E-state index in [0.29, 0.717) is 16.4 Å². The van der Waals surface area contributed by atoms with E-state index in [2.05, 4.69) is 33.0 Å². The van der Waals surface area contributed by atoms with Gasteiger partial charge in [-0.3, -0.25) is 9.59 Å². The number of hydrogen-bond acceptors (Lipinski definition) is 5. The molecular formula is C21H21N5O2S. The Bertz CT molecular complexity index is 1060. The molecule has 2 N–H and O–H groups in total. The van der Waals surface area contributed by atoms with Crippen molar-refractivity contribution in [3.05, 3.63) is 65.5 Å². The van der Waals surface area contributed by atoms with Gasteiger partial charge < -0.3 is 15.2 Å². The average Bonchev–Trinajstić information content (AvgIpc) is 3.34. The third-order valence-electron chi connectivity index (χ3n) is 4.77. The number of fused-ring (bicyclic) bond motifs is 1. The number of nitrogens with zero attached hydrogens (tertiary/aromatic N) is 3. The standard InChI is InChI=1S/C21H21N5O2S/c1-26-13-22-25-21(26)29-12-19(27)23-17-7-3-6-16(11-17)20(28)24-18-9-8-14-4-2-5-15(14)10-18/h3,6-11,13H,2,4-5,12H2,1H3,(H,23,27)(H,24,28). The maximum atomic E-state index is 12.6. The summed E-state index contributed by atoms with van der Waals surface area (Å²) >= 11 is 1.30. The van der Waals surface area contributed by atoms with E-state index >= 15 is 0 Å². The number of benzene rings is 2. The minimum atomic E-state index is -0.201. The number of rotatable bonds is 6. The van der Waals surface area contributed by atoms with Gasteiger partial charge in [0, 0.05) is 24.0 Å². The summed E-state index contributed by atoms with van der Waals surface area (Å²) in [4.78, 5) is 24.8. The Morgan fingerprint density at radius 1 is 1.07 bits per heavy atom. The molecule has 0 bridgehead atoms. The third kappa shape index (κ3) is 4.65. The Morgan fingerprint density at radius 2 is 1.90 bits per heavy atom. The van der Waals surface area contributed by atoms with Gasteiger partial charge in [0.2, 0.25) is 5.91 Å². The van der Waals surface area contributed by atoms with Crippen molar-refractivity contribution in [3.63, 3.8) is 0 Å². The number of carbonyl (C=O) groups excluding carboxylic acids is 2. The molecule has 2 aromatic carbocycles. The van der Waals surface area contributed by atoms with E-state index in [4.69, 9.17) is 0 Å². The summed E-state index contributed by atoms with van der Waals surface area (Å²) in [7, 11) is 1.82. The average molecular weight is 407 g/mol. The van der Waals surface area contributed by atoms with Crippen molar-refractivity contribution in [2.24, 2.45) is 7.05 Å². The zero-order valence-corrected chi connectivity index (χ0v) is 16.8. The largest absolute Gasteiger partial charge is 0.325 e. The van der Waals surface area contributed by atoms with Crippen LogP contribution in [0.5, 0.6) is 0 Å². The molecule has 7 nitrogen and oxygen atoms in total. The Hall–Kier alpha value is -3.13. The van der Waals surface area contributed by atoms with Gasteiger partial charge in [0.15, 0.2) is 5.16 Å². The lowest BCUT2D eigenvalue weighted by Crippen LogP contribution is -2.16. The number of aromatic nitrogens is 3. The number of anilines is 2. The molecule has 3 aromatic rings. The van der Waals surface area contributed by atoms with Crippen LogP contribution in [0.1, 0.15) is 27.9 Å². The van der Waals surface area contributed by atoms with Crippen molar-refractivity contribution in [1.29, 1.82) is 0 Å². The summed E-state index contributed by atoms with van der Waals surface area (Å²) in [5.41, 5.74) is 4.54. The molecule has 8 heteroatoms. The summed E-state index contributed by atoms with van der Waals surface area (Å²) in [6.45, 7) is 0. The topological polar surface area (TPSA) is 88.9 Å². The zero-order chi connectivity index (χ0) is 20.2. The van der Waals surface area contributed by atoms with Crippen LogP contribution in [-0.2, 0) is 24.7 Å². The second-order valence-electron chi connectivity index (χ2n) is 6.93. The first-order valence-electron chi connectivity index (χ1n) is 9.38. The fourth-order valence-electron chi connectivity index (χ4n) is 3.32. The van der Waals surface area contributed by atoms with Crippen molar-refractivity contribution < 1.29 is 9.59 Å². The number of aryl methyl sites for hydroxylation is 3. The molecule has 0 fully saturated rings. The highest BCUT2D eigenvalue weighted by Crippen LogP contribution is 2.25. The minimum Gasteiger partial charge on any atom is -0.325 e. The quantitative estimate of drug-likeness (QED) is 0.612. The van der Waals surface area contributed by atoms with E-state index in [1.165, 1.54) is 29.3 Å². The van der Waals surface area contributed by atoms with Crippen molar-refractivity contribution >= 4 is 35.0 Å². The molecule has 2 amide bonds.